The first-order valence-corrected chi connectivity index (χ1v) is 8.64. The normalized spacial score (nSPS) is 15.3. The smallest absolute Gasteiger partial charge is 0.252 e. The Morgan fingerprint density at radius 1 is 1.08 bits per heavy atom. The number of nitrogens with one attached hydrogen (secondary N) is 2. The average molecular weight is 324 g/mol. The minimum Gasteiger partial charge on any atom is -0.434 e. The zero-order valence-electron chi connectivity index (χ0n) is 14.3. The molecule has 1 aromatic heterocycles. The van der Waals surface area contributed by atoms with Crippen molar-refractivity contribution in [1.29, 1.82) is 0 Å². The van der Waals surface area contributed by atoms with Crippen molar-refractivity contribution in [2.45, 2.75) is 19.5 Å². The van der Waals surface area contributed by atoms with Crippen LogP contribution in [-0.2, 0) is 19.5 Å². The van der Waals surface area contributed by atoms with Crippen molar-refractivity contribution >= 4 is 13.7 Å². The van der Waals surface area contributed by atoms with Crippen LogP contribution in [0.3, 0.4) is 0 Å². The first kappa shape index (κ1) is 16.8. The van der Waals surface area contributed by atoms with Crippen LogP contribution in [0.2, 0.25) is 0 Å². The van der Waals surface area contributed by atoms with Gasteiger partial charge in [0.25, 0.3) is 5.56 Å². The second-order valence-electron chi connectivity index (χ2n) is 6.29. The summed E-state index contributed by atoms with van der Waals surface area (Å²) in [5.74, 6) is 0. The van der Waals surface area contributed by atoms with Crippen LogP contribution >= 0.6 is 0 Å². The lowest BCUT2D eigenvalue weighted by Gasteiger charge is -2.27. The highest BCUT2D eigenvalue weighted by Crippen LogP contribution is 2.09. The summed E-state index contributed by atoms with van der Waals surface area (Å²) in [6.45, 7) is 6.13. The van der Waals surface area contributed by atoms with Gasteiger partial charge in [0.2, 0.25) is 7.98 Å². The molecule has 5 nitrogen and oxygen atoms in total. The largest absolute Gasteiger partial charge is 0.434 e. The monoisotopic (exact) mass is 324 g/mol. The first-order valence-electron chi connectivity index (χ1n) is 8.64. The Morgan fingerprint density at radius 2 is 1.79 bits per heavy atom. The van der Waals surface area contributed by atoms with Crippen molar-refractivity contribution in [3.05, 3.63) is 64.1 Å². The number of benzene rings is 1. The SMILES string of the molecule is BNc1ccn(CCc2ccc(CN3CCNCC3)cc2)c(=O)c1. The van der Waals surface area contributed by atoms with E-state index in [9.17, 15) is 4.79 Å². The lowest BCUT2D eigenvalue weighted by Crippen LogP contribution is -2.42. The molecule has 1 aromatic carbocycles. The minimum absolute atomic E-state index is 0.0391. The summed E-state index contributed by atoms with van der Waals surface area (Å²) in [4.78, 5) is 14.5. The van der Waals surface area contributed by atoms with Crippen molar-refractivity contribution in [2.75, 3.05) is 31.4 Å². The Balaban J connectivity index is 1.55. The van der Waals surface area contributed by atoms with Gasteiger partial charge < -0.3 is 15.1 Å². The van der Waals surface area contributed by atoms with Crippen LogP contribution in [0.15, 0.2) is 47.4 Å². The molecule has 3 rings (SSSR count). The summed E-state index contributed by atoms with van der Waals surface area (Å²) in [5, 5.41) is 6.37. The number of hydrogen-bond donors (Lipinski definition) is 2. The van der Waals surface area contributed by atoms with E-state index >= 15 is 0 Å². The lowest BCUT2D eigenvalue weighted by molar-refractivity contribution is 0.233. The minimum atomic E-state index is 0.0391. The molecule has 24 heavy (non-hydrogen) atoms. The molecule has 0 spiro atoms. The molecule has 1 aliphatic heterocycles. The molecule has 126 valence electrons. The summed E-state index contributed by atoms with van der Waals surface area (Å²) in [6.07, 6.45) is 2.72. The van der Waals surface area contributed by atoms with E-state index in [1.165, 1.54) is 11.1 Å². The van der Waals surface area contributed by atoms with Gasteiger partial charge in [-0.2, -0.15) is 0 Å². The highest BCUT2D eigenvalue weighted by Gasteiger charge is 2.09. The average Bonchev–Trinajstić information content (AvgIpc) is 2.63. The summed E-state index contributed by atoms with van der Waals surface area (Å²) in [6, 6.07) is 12.4. The molecule has 6 heteroatoms. The molecule has 0 amide bonds. The summed E-state index contributed by atoms with van der Waals surface area (Å²) in [7, 11) is 1.82. The standard InChI is InChI=1S/C18H25BN4O/c19-21-17-6-10-23(18(24)13-17)9-5-15-1-3-16(4-2-15)14-22-11-7-20-8-12-22/h1-4,6,10,13,20-21H,5,7-9,11-12,14,19H2. The van der Waals surface area contributed by atoms with Gasteiger partial charge in [-0.15, -0.1) is 0 Å². The van der Waals surface area contributed by atoms with Crippen LogP contribution in [0.4, 0.5) is 5.69 Å². The van der Waals surface area contributed by atoms with E-state index in [2.05, 4.69) is 39.7 Å². The van der Waals surface area contributed by atoms with Gasteiger partial charge in [0.15, 0.2) is 0 Å². The number of nitrogens with zero attached hydrogens (tertiary/aromatic N) is 2. The fourth-order valence-electron chi connectivity index (χ4n) is 3.04. The quantitative estimate of drug-likeness (QED) is 0.758. The highest BCUT2D eigenvalue weighted by molar-refractivity contribution is 6.15. The van der Waals surface area contributed by atoms with Crippen LogP contribution in [0, 0.1) is 0 Å². The van der Waals surface area contributed by atoms with Gasteiger partial charge >= 0.3 is 0 Å². The van der Waals surface area contributed by atoms with Crippen LogP contribution in [0.1, 0.15) is 11.1 Å². The molecule has 0 atom stereocenters. The van der Waals surface area contributed by atoms with E-state index in [0.29, 0.717) is 6.54 Å². The van der Waals surface area contributed by atoms with Gasteiger partial charge in [0, 0.05) is 57.2 Å². The van der Waals surface area contributed by atoms with Gasteiger partial charge in [-0.3, -0.25) is 9.69 Å². The fourth-order valence-corrected chi connectivity index (χ4v) is 3.04. The Labute approximate surface area is 144 Å². The van der Waals surface area contributed by atoms with E-state index in [0.717, 1.165) is 44.8 Å². The second-order valence-corrected chi connectivity index (χ2v) is 6.29. The van der Waals surface area contributed by atoms with Crippen LogP contribution < -0.4 is 16.1 Å². The molecule has 1 saturated heterocycles. The predicted octanol–water partition coefficient (Wildman–Crippen LogP) is 0.456. The molecule has 0 aliphatic carbocycles. The topological polar surface area (TPSA) is 49.3 Å². The van der Waals surface area contributed by atoms with Gasteiger partial charge in [-0.1, -0.05) is 24.3 Å². The van der Waals surface area contributed by atoms with E-state index in [4.69, 9.17) is 0 Å². The van der Waals surface area contributed by atoms with Gasteiger partial charge in [0.1, 0.15) is 0 Å². The number of aromatic nitrogens is 1. The van der Waals surface area contributed by atoms with Crippen LogP contribution in [0.25, 0.3) is 0 Å². The number of piperazine rings is 1. The van der Waals surface area contributed by atoms with Crippen molar-refractivity contribution in [3.8, 4) is 0 Å². The number of anilines is 1. The maximum absolute atomic E-state index is 12.0. The van der Waals surface area contributed by atoms with E-state index in [-0.39, 0.29) is 5.56 Å². The van der Waals surface area contributed by atoms with Crippen LogP contribution in [0.5, 0.6) is 0 Å². The molecule has 2 aromatic rings. The van der Waals surface area contributed by atoms with Gasteiger partial charge in [0.05, 0.1) is 0 Å². The van der Waals surface area contributed by atoms with E-state index in [1.54, 1.807) is 10.6 Å². The summed E-state index contributed by atoms with van der Waals surface area (Å²) >= 11 is 0. The molecule has 2 heterocycles. The number of aryl methyl sites for hydroxylation is 2. The molecular formula is C18H25BN4O. The lowest BCUT2D eigenvalue weighted by atomic mass is 10.1. The Morgan fingerprint density at radius 3 is 2.46 bits per heavy atom. The Kier molecular flexibility index (Phi) is 5.72. The third-order valence-corrected chi connectivity index (χ3v) is 4.56. The Hall–Kier alpha value is -2.05. The molecule has 2 N–H and O–H groups in total. The highest BCUT2D eigenvalue weighted by atomic mass is 16.1. The Bertz CT molecular complexity index is 708. The molecule has 1 fully saturated rings. The summed E-state index contributed by atoms with van der Waals surface area (Å²) in [5.41, 5.74) is 3.52. The van der Waals surface area contributed by atoms with E-state index in [1.807, 2.05) is 20.2 Å². The van der Waals surface area contributed by atoms with Crippen molar-refractivity contribution in [2.24, 2.45) is 0 Å². The van der Waals surface area contributed by atoms with E-state index < -0.39 is 0 Å². The van der Waals surface area contributed by atoms with Crippen molar-refractivity contribution in [3.63, 3.8) is 0 Å². The zero-order chi connectivity index (χ0) is 16.8. The summed E-state index contributed by atoms with van der Waals surface area (Å²) < 4.78 is 1.76. The van der Waals surface area contributed by atoms with Crippen LogP contribution in [-0.4, -0.2) is 43.6 Å². The molecule has 0 saturated carbocycles. The third kappa shape index (κ3) is 4.49. The third-order valence-electron chi connectivity index (χ3n) is 4.56. The molecule has 0 radical (unpaired) electrons. The molecule has 0 unspecified atom stereocenters. The molecule has 0 bridgehead atoms. The number of rotatable bonds is 6. The van der Waals surface area contributed by atoms with Crippen molar-refractivity contribution < 1.29 is 0 Å². The zero-order valence-corrected chi connectivity index (χ0v) is 14.3. The number of hydrogen-bond acceptors (Lipinski definition) is 4. The van der Waals surface area contributed by atoms with Gasteiger partial charge in [-0.25, -0.2) is 0 Å². The number of pyridine rings is 1. The predicted molar refractivity (Wildman–Crippen MR) is 101 cm³/mol. The van der Waals surface area contributed by atoms with Gasteiger partial charge in [-0.05, 0) is 23.6 Å². The first-order chi connectivity index (χ1) is 11.7. The maximum atomic E-state index is 12.0. The molecule has 1 aliphatic rings. The fraction of sp³-hybridized carbons (Fsp3) is 0.389. The maximum Gasteiger partial charge on any atom is 0.252 e. The van der Waals surface area contributed by atoms with Crippen molar-refractivity contribution in [1.82, 2.24) is 14.8 Å². The molecular weight excluding hydrogens is 299 g/mol. The second kappa shape index (κ2) is 8.17.